The lowest BCUT2D eigenvalue weighted by Gasteiger charge is -2.23. The van der Waals surface area contributed by atoms with Gasteiger partial charge in [0.05, 0.1) is 20.6 Å². The summed E-state index contributed by atoms with van der Waals surface area (Å²) in [4.78, 5) is 26.2. The molecule has 3 aromatic rings. The number of methoxy groups -OCH3 is 2. The maximum absolute atomic E-state index is 12.8. The summed E-state index contributed by atoms with van der Waals surface area (Å²) in [6.45, 7) is 2.99. The summed E-state index contributed by atoms with van der Waals surface area (Å²) in [6, 6.07) is 23.0. The predicted octanol–water partition coefficient (Wildman–Crippen LogP) is 5.24. The first-order chi connectivity index (χ1) is 16.0. The van der Waals surface area contributed by atoms with E-state index in [0.29, 0.717) is 18.8 Å². The summed E-state index contributed by atoms with van der Waals surface area (Å²) in [6.07, 6.45) is -0.198. The second-order valence-electron chi connectivity index (χ2n) is 7.50. The first-order valence-electron chi connectivity index (χ1n) is 10.8. The van der Waals surface area contributed by atoms with Crippen molar-refractivity contribution in [1.82, 2.24) is 4.90 Å². The Hall–Kier alpha value is -3.80. The van der Waals surface area contributed by atoms with E-state index in [1.807, 2.05) is 79.7 Å². The smallest absolute Gasteiger partial charge is 0.410 e. The predicted molar refractivity (Wildman–Crippen MR) is 127 cm³/mol. The molecule has 0 atom stereocenters. The van der Waals surface area contributed by atoms with Gasteiger partial charge >= 0.3 is 12.1 Å². The minimum Gasteiger partial charge on any atom is -0.496 e. The number of carbonyl (C=O) groups excluding carboxylic acids is 2. The van der Waals surface area contributed by atoms with Crippen LogP contribution in [0.3, 0.4) is 0 Å². The van der Waals surface area contributed by atoms with Crippen molar-refractivity contribution in [2.24, 2.45) is 0 Å². The fourth-order valence-electron chi connectivity index (χ4n) is 3.60. The molecule has 0 saturated heterocycles. The molecule has 3 aromatic carbocycles. The number of rotatable bonds is 9. The third-order valence-corrected chi connectivity index (χ3v) is 5.33. The zero-order valence-corrected chi connectivity index (χ0v) is 19.2. The molecule has 0 aliphatic heterocycles. The van der Waals surface area contributed by atoms with Crippen molar-refractivity contribution in [3.05, 3.63) is 89.5 Å². The largest absolute Gasteiger partial charge is 0.496 e. The normalized spacial score (nSPS) is 10.4. The van der Waals surface area contributed by atoms with E-state index < -0.39 is 0 Å². The van der Waals surface area contributed by atoms with Gasteiger partial charge in [-0.1, -0.05) is 66.7 Å². The van der Waals surface area contributed by atoms with Crippen molar-refractivity contribution in [3.63, 3.8) is 0 Å². The number of ether oxygens (including phenoxy) is 3. The Bertz CT molecular complexity index is 1080. The summed E-state index contributed by atoms with van der Waals surface area (Å²) in [7, 11) is 2.99. The lowest BCUT2D eigenvalue weighted by atomic mass is 9.96. The van der Waals surface area contributed by atoms with E-state index in [1.54, 1.807) is 12.0 Å². The van der Waals surface area contributed by atoms with Gasteiger partial charge in [-0.25, -0.2) is 4.79 Å². The van der Waals surface area contributed by atoms with Crippen LogP contribution in [0.2, 0.25) is 0 Å². The lowest BCUT2D eigenvalue weighted by molar-refractivity contribution is -0.139. The fourth-order valence-corrected chi connectivity index (χ4v) is 3.60. The van der Waals surface area contributed by atoms with Gasteiger partial charge in [-0.15, -0.1) is 0 Å². The van der Waals surface area contributed by atoms with E-state index in [4.69, 9.17) is 14.2 Å². The zero-order chi connectivity index (χ0) is 23.6. The zero-order valence-electron chi connectivity index (χ0n) is 19.2. The van der Waals surface area contributed by atoms with Crippen LogP contribution in [0.15, 0.2) is 72.8 Å². The van der Waals surface area contributed by atoms with Crippen LogP contribution in [0.4, 0.5) is 4.79 Å². The van der Waals surface area contributed by atoms with Gasteiger partial charge in [0.25, 0.3) is 0 Å². The molecule has 0 bridgehead atoms. The van der Waals surface area contributed by atoms with Gasteiger partial charge in [0.2, 0.25) is 0 Å². The molecule has 0 radical (unpaired) electrons. The highest BCUT2D eigenvalue weighted by molar-refractivity contribution is 5.77. The summed E-state index contributed by atoms with van der Waals surface area (Å²) in [5.41, 5.74) is 4.47. The van der Waals surface area contributed by atoms with Crippen LogP contribution in [0.25, 0.3) is 11.1 Å². The Morgan fingerprint density at radius 3 is 2.30 bits per heavy atom. The number of nitrogens with zero attached hydrogens (tertiary/aromatic N) is 1. The minimum absolute atomic E-state index is 0.182. The topological polar surface area (TPSA) is 65.1 Å². The Morgan fingerprint density at radius 1 is 0.879 bits per heavy atom. The van der Waals surface area contributed by atoms with Gasteiger partial charge in [0.1, 0.15) is 12.4 Å². The molecule has 0 spiro atoms. The molecule has 0 N–H and O–H groups in total. The van der Waals surface area contributed by atoms with Crippen LogP contribution in [0.5, 0.6) is 5.75 Å². The molecule has 0 aliphatic carbocycles. The summed E-state index contributed by atoms with van der Waals surface area (Å²) in [5.74, 6) is 0.391. The standard InChI is InChI=1S/C27H29NO5/c1-4-28(27(30)33-19-20-10-6-5-7-11-20)18-23-14-9-15-24(31-2)26(23)22-13-8-12-21(16-22)17-25(29)32-3/h5-16H,4,17-19H2,1-3H3. The van der Waals surface area contributed by atoms with E-state index >= 15 is 0 Å². The highest BCUT2D eigenvalue weighted by atomic mass is 16.6. The van der Waals surface area contributed by atoms with Crippen molar-refractivity contribution in [2.45, 2.75) is 26.5 Å². The Morgan fingerprint density at radius 2 is 1.61 bits per heavy atom. The average molecular weight is 448 g/mol. The Labute approximate surface area is 194 Å². The number of hydrogen-bond donors (Lipinski definition) is 0. The van der Waals surface area contributed by atoms with Gasteiger partial charge in [-0.2, -0.15) is 0 Å². The molecule has 0 saturated carbocycles. The number of benzene rings is 3. The summed E-state index contributed by atoms with van der Waals surface area (Å²) >= 11 is 0. The maximum atomic E-state index is 12.8. The van der Waals surface area contributed by atoms with E-state index in [-0.39, 0.29) is 25.1 Å². The molecule has 0 unspecified atom stereocenters. The molecule has 0 fully saturated rings. The molecule has 6 nitrogen and oxygen atoms in total. The van der Waals surface area contributed by atoms with Crippen LogP contribution in [-0.2, 0) is 33.8 Å². The Kier molecular flexibility index (Phi) is 8.47. The number of esters is 1. The monoisotopic (exact) mass is 447 g/mol. The van der Waals surface area contributed by atoms with Crippen molar-refractivity contribution < 1.29 is 23.8 Å². The van der Waals surface area contributed by atoms with Crippen molar-refractivity contribution >= 4 is 12.1 Å². The highest BCUT2D eigenvalue weighted by Crippen LogP contribution is 2.35. The molecule has 6 heteroatoms. The molecule has 0 aliphatic rings. The summed E-state index contributed by atoms with van der Waals surface area (Å²) < 4.78 is 16.0. The van der Waals surface area contributed by atoms with Gasteiger partial charge in [-0.3, -0.25) is 4.79 Å². The number of carbonyl (C=O) groups is 2. The van der Waals surface area contributed by atoms with Gasteiger partial charge in [-0.05, 0) is 35.2 Å². The van der Waals surface area contributed by atoms with Crippen LogP contribution >= 0.6 is 0 Å². The minimum atomic E-state index is -0.380. The van der Waals surface area contributed by atoms with Crippen LogP contribution in [-0.4, -0.2) is 37.7 Å². The van der Waals surface area contributed by atoms with Crippen LogP contribution < -0.4 is 4.74 Å². The number of amides is 1. The molecule has 172 valence electrons. The molecule has 0 heterocycles. The quantitative estimate of drug-likeness (QED) is 0.420. The first kappa shape index (κ1) is 23.9. The first-order valence-corrected chi connectivity index (χ1v) is 10.8. The number of hydrogen-bond acceptors (Lipinski definition) is 5. The Balaban J connectivity index is 1.85. The fraction of sp³-hybridized carbons (Fsp3) is 0.259. The van der Waals surface area contributed by atoms with E-state index in [9.17, 15) is 9.59 Å². The lowest BCUT2D eigenvalue weighted by Crippen LogP contribution is -2.31. The molecule has 3 rings (SSSR count). The van der Waals surface area contributed by atoms with Gasteiger partial charge in [0, 0.05) is 18.7 Å². The van der Waals surface area contributed by atoms with Crippen LogP contribution in [0, 0.1) is 0 Å². The third kappa shape index (κ3) is 6.35. The van der Waals surface area contributed by atoms with Crippen LogP contribution in [0.1, 0.15) is 23.6 Å². The van der Waals surface area contributed by atoms with Gasteiger partial charge < -0.3 is 19.1 Å². The average Bonchev–Trinajstić information content (AvgIpc) is 2.86. The van der Waals surface area contributed by atoms with Crippen molar-refractivity contribution in [2.75, 3.05) is 20.8 Å². The van der Waals surface area contributed by atoms with Crippen molar-refractivity contribution in [3.8, 4) is 16.9 Å². The third-order valence-electron chi connectivity index (χ3n) is 5.33. The molecule has 0 aromatic heterocycles. The summed E-state index contributed by atoms with van der Waals surface area (Å²) in [5, 5.41) is 0. The maximum Gasteiger partial charge on any atom is 0.410 e. The highest BCUT2D eigenvalue weighted by Gasteiger charge is 2.19. The van der Waals surface area contributed by atoms with Crippen molar-refractivity contribution in [1.29, 1.82) is 0 Å². The van der Waals surface area contributed by atoms with E-state index in [0.717, 1.165) is 27.8 Å². The molecular formula is C27H29NO5. The van der Waals surface area contributed by atoms with Gasteiger partial charge in [0.15, 0.2) is 0 Å². The molecule has 33 heavy (non-hydrogen) atoms. The SMILES string of the molecule is CCN(Cc1cccc(OC)c1-c1cccc(CC(=O)OC)c1)C(=O)OCc1ccccc1. The second-order valence-corrected chi connectivity index (χ2v) is 7.50. The van der Waals surface area contributed by atoms with E-state index in [2.05, 4.69) is 0 Å². The molecular weight excluding hydrogens is 418 g/mol. The van der Waals surface area contributed by atoms with E-state index in [1.165, 1.54) is 7.11 Å². The second kappa shape index (κ2) is 11.7. The molecule has 1 amide bonds.